The van der Waals surface area contributed by atoms with Gasteiger partial charge in [-0.2, -0.15) is 0 Å². The number of carboxylic acids is 1. The molecule has 110 valence electrons. The van der Waals surface area contributed by atoms with Gasteiger partial charge in [-0.25, -0.2) is 0 Å². The van der Waals surface area contributed by atoms with Gasteiger partial charge >= 0.3 is 5.97 Å². The zero-order valence-electron chi connectivity index (χ0n) is 12.0. The smallest absolute Gasteiger partial charge is 0.309 e. The van der Waals surface area contributed by atoms with Crippen LogP contribution in [0.25, 0.3) is 0 Å². The van der Waals surface area contributed by atoms with Gasteiger partial charge in [0.05, 0.1) is 12.5 Å². The van der Waals surface area contributed by atoms with Gasteiger partial charge in [0.15, 0.2) is 0 Å². The molecule has 0 amide bonds. The molecule has 0 bridgehead atoms. The average molecular weight is 341 g/mol. The van der Waals surface area contributed by atoms with Crippen LogP contribution in [0.3, 0.4) is 0 Å². The lowest BCUT2D eigenvalue weighted by Crippen LogP contribution is -2.38. The molecule has 0 radical (unpaired) electrons. The van der Waals surface area contributed by atoms with E-state index in [-0.39, 0.29) is 0 Å². The van der Waals surface area contributed by atoms with E-state index >= 15 is 0 Å². The Kier molecular flexibility index (Phi) is 4.74. The van der Waals surface area contributed by atoms with Crippen LogP contribution in [-0.2, 0) is 11.2 Å². The molecule has 1 aliphatic carbocycles. The average Bonchev–Trinajstić information content (AvgIpc) is 2.39. The number of ether oxygens (including phenoxy) is 1. The van der Waals surface area contributed by atoms with E-state index in [0.717, 1.165) is 41.5 Å². The number of hydrogen-bond acceptors (Lipinski definition) is 2. The highest BCUT2D eigenvalue weighted by molar-refractivity contribution is 9.10. The van der Waals surface area contributed by atoms with Crippen molar-refractivity contribution < 1.29 is 14.6 Å². The molecular weight excluding hydrogens is 320 g/mol. The van der Waals surface area contributed by atoms with Crippen LogP contribution in [0.15, 0.2) is 22.7 Å². The van der Waals surface area contributed by atoms with E-state index in [1.54, 1.807) is 7.11 Å². The minimum atomic E-state index is -0.675. The highest BCUT2D eigenvalue weighted by Gasteiger charge is 2.42. The monoisotopic (exact) mass is 340 g/mol. The zero-order valence-corrected chi connectivity index (χ0v) is 13.6. The summed E-state index contributed by atoms with van der Waals surface area (Å²) in [5.74, 6) is 0.566. The standard InChI is InChI=1S/C16H21BrO3/c1-11-4-3-7-16(9-11,15(18)19)10-12-8-13(17)5-6-14(12)20-2/h5-6,8,11H,3-4,7,9-10H2,1-2H3,(H,18,19). The molecule has 0 spiro atoms. The number of carbonyl (C=O) groups is 1. The molecular formula is C16H21BrO3. The Balaban J connectivity index is 2.33. The summed E-state index contributed by atoms with van der Waals surface area (Å²) >= 11 is 3.45. The maximum Gasteiger partial charge on any atom is 0.309 e. The summed E-state index contributed by atoms with van der Waals surface area (Å²) in [5, 5.41) is 9.75. The summed E-state index contributed by atoms with van der Waals surface area (Å²) in [7, 11) is 1.63. The Morgan fingerprint density at radius 3 is 2.90 bits per heavy atom. The van der Waals surface area contributed by atoms with Gasteiger partial charge in [-0.05, 0) is 48.9 Å². The van der Waals surface area contributed by atoms with E-state index in [1.807, 2.05) is 18.2 Å². The Bertz CT molecular complexity index is 500. The van der Waals surface area contributed by atoms with E-state index in [0.29, 0.717) is 12.3 Å². The predicted octanol–water partition coefficient (Wildman–Crippen LogP) is 4.28. The molecule has 1 aromatic rings. The summed E-state index contributed by atoms with van der Waals surface area (Å²) in [6.07, 6.45) is 4.16. The lowest BCUT2D eigenvalue weighted by Gasteiger charge is -2.36. The fraction of sp³-hybridized carbons (Fsp3) is 0.562. The third-order valence-corrected chi connectivity index (χ3v) is 4.81. The van der Waals surface area contributed by atoms with Crippen molar-refractivity contribution in [2.24, 2.45) is 11.3 Å². The summed E-state index contributed by atoms with van der Waals surface area (Å²) in [6, 6.07) is 5.78. The first-order chi connectivity index (χ1) is 9.47. The van der Waals surface area contributed by atoms with Crippen LogP contribution in [0.1, 0.15) is 38.2 Å². The number of halogens is 1. The van der Waals surface area contributed by atoms with Gasteiger partial charge in [-0.1, -0.05) is 35.7 Å². The number of benzene rings is 1. The van der Waals surface area contributed by atoms with Crippen LogP contribution in [0, 0.1) is 11.3 Å². The van der Waals surface area contributed by atoms with Crippen molar-refractivity contribution in [3.63, 3.8) is 0 Å². The van der Waals surface area contributed by atoms with Crippen LogP contribution in [0.5, 0.6) is 5.75 Å². The van der Waals surface area contributed by atoms with E-state index in [1.165, 1.54) is 0 Å². The molecule has 2 rings (SSSR count). The summed E-state index contributed by atoms with van der Waals surface area (Å²) in [6.45, 7) is 2.15. The van der Waals surface area contributed by atoms with Crippen molar-refractivity contribution in [1.29, 1.82) is 0 Å². The van der Waals surface area contributed by atoms with Gasteiger partial charge in [0.2, 0.25) is 0 Å². The molecule has 1 saturated carbocycles. The van der Waals surface area contributed by atoms with Crippen molar-refractivity contribution in [2.45, 2.75) is 39.0 Å². The molecule has 0 heterocycles. The van der Waals surface area contributed by atoms with E-state index < -0.39 is 11.4 Å². The molecule has 1 aromatic carbocycles. The first-order valence-electron chi connectivity index (χ1n) is 7.03. The molecule has 1 fully saturated rings. The van der Waals surface area contributed by atoms with Crippen LogP contribution >= 0.6 is 15.9 Å². The quantitative estimate of drug-likeness (QED) is 0.889. The third kappa shape index (κ3) is 3.17. The Hall–Kier alpha value is -1.03. The van der Waals surface area contributed by atoms with Gasteiger partial charge in [-0.15, -0.1) is 0 Å². The molecule has 1 N–H and O–H groups in total. The molecule has 2 unspecified atom stereocenters. The molecule has 0 aromatic heterocycles. The van der Waals surface area contributed by atoms with Gasteiger partial charge in [-0.3, -0.25) is 4.79 Å². The minimum Gasteiger partial charge on any atom is -0.496 e. The summed E-state index contributed by atoms with van der Waals surface area (Å²) in [5.41, 5.74) is 0.324. The summed E-state index contributed by atoms with van der Waals surface area (Å²) in [4.78, 5) is 11.9. The van der Waals surface area contributed by atoms with E-state index in [9.17, 15) is 9.90 Å². The highest BCUT2D eigenvalue weighted by atomic mass is 79.9. The van der Waals surface area contributed by atoms with E-state index in [2.05, 4.69) is 22.9 Å². The van der Waals surface area contributed by atoms with Crippen LogP contribution in [-0.4, -0.2) is 18.2 Å². The Morgan fingerprint density at radius 2 is 2.30 bits per heavy atom. The first-order valence-corrected chi connectivity index (χ1v) is 7.82. The number of rotatable bonds is 4. The van der Waals surface area contributed by atoms with Crippen molar-refractivity contribution in [3.8, 4) is 5.75 Å². The van der Waals surface area contributed by atoms with Crippen LogP contribution in [0.4, 0.5) is 0 Å². The summed E-state index contributed by atoms with van der Waals surface area (Å²) < 4.78 is 6.34. The Morgan fingerprint density at radius 1 is 1.55 bits per heavy atom. The molecule has 1 aliphatic rings. The van der Waals surface area contributed by atoms with E-state index in [4.69, 9.17) is 4.74 Å². The second-order valence-electron chi connectivity index (χ2n) is 5.92. The third-order valence-electron chi connectivity index (χ3n) is 4.32. The molecule has 2 atom stereocenters. The normalized spacial score (nSPS) is 26.2. The number of carboxylic acid groups (broad SMARTS) is 1. The molecule has 20 heavy (non-hydrogen) atoms. The maximum atomic E-state index is 11.9. The molecule has 4 heteroatoms. The molecule has 3 nitrogen and oxygen atoms in total. The zero-order chi connectivity index (χ0) is 14.8. The van der Waals surface area contributed by atoms with Crippen LogP contribution in [0.2, 0.25) is 0 Å². The number of methoxy groups -OCH3 is 1. The lowest BCUT2D eigenvalue weighted by atomic mass is 9.67. The predicted molar refractivity (Wildman–Crippen MR) is 82.1 cm³/mol. The molecule has 0 aliphatic heterocycles. The van der Waals surface area contributed by atoms with Crippen molar-refractivity contribution in [2.75, 3.05) is 7.11 Å². The maximum absolute atomic E-state index is 11.9. The second-order valence-corrected chi connectivity index (χ2v) is 6.84. The number of aliphatic carboxylic acids is 1. The lowest BCUT2D eigenvalue weighted by molar-refractivity contribution is -0.152. The topological polar surface area (TPSA) is 46.5 Å². The van der Waals surface area contributed by atoms with Crippen molar-refractivity contribution in [1.82, 2.24) is 0 Å². The number of hydrogen-bond donors (Lipinski definition) is 1. The van der Waals surface area contributed by atoms with Crippen LogP contribution < -0.4 is 4.74 Å². The highest BCUT2D eigenvalue weighted by Crippen LogP contribution is 2.43. The largest absolute Gasteiger partial charge is 0.496 e. The first kappa shape index (κ1) is 15.4. The van der Waals surface area contributed by atoms with Gasteiger partial charge in [0.1, 0.15) is 5.75 Å². The SMILES string of the molecule is COc1ccc(Br)cc1CC1(C(=O)O)CCCC(C)C1. The fourth-order valence-corrected chi connectivity index (χ4v) is 3.75. The Labute approximate surface area is 128 Å². The van der Waals surface area contributed by atoms with Gasteiger partial charge in [0.25, 0.3) is 0 Å². The fourth-order valence-electron chi connectivity index (χ4n) is 3.34. The second kappa shape index (κ2) is 6.17. The van der Waals surface area contributed by atoms with Gasteiger partial charge in [0, 0.05) is 4.47 Å². The van der Waals surface area contributed by atoms with Crippen molar-refractivity contribution >= 4 is 21.9 Å². The molecule has 0 saturated heterocycles. The van der Waals surface area contributed by atoms with Crippen molar-refractivity contribution in [3.05, 3.63) is 28.2 Å². The minimum absolute atomic E-state index is 0.470. The van der Waals surface area contributed by atoms with Gasteiger partial charge < -0.3 is 9.84 Å².